The molecule has 7 nitrogen and oxygen atoms in total. The number of primary amides is 1. The quantitative estimate of drug-likeness (QED) is 0.387. The van der Waals surface area contributed by atoms with Crippen LogP contribution in [0.2, 0.25) is 0 Å². The van der Waals surface area contributed by atoms with Crippen molar-refractivity contribution in [3.8, 4) is 11.5 Å². The van der Waals surface area contributed by atoms with E-state index in [2.05, 4.69) is 19.2 Å². The van der Waals surface area contributed by atoms with E-state index in [1.54, 1.807) is 4.90 Å². The Labute approximate surface area is 228 Å². The number of para-hydroxylation sites is 1. The van der Waals surface area contributed by atoms with Crippen LogP contribution in [-0.2, 0) is 20.9 Å². The third-order valence-corrected chi connectivity index (χ3v) is 6.42. The predicted octanol–water partition coefficient (Wildman–Crippen LogP) is 5.82. The molecule has 0 aliphatic carbocycles. The fourth-order valence-electron chi connectivity index (χ4n) is 4.33. The van der Waals surface area contributed by atoms with Crippen LogP contribution < -0.4 is 15.8 Å². The number of rotatable bonds is 11. The van der Waals surface area contributed by atoms with Gasteiger partial charge in [0.15, 0.2) is 0 Å². The Morgan fingerprint density at radius 1 is 1.03 bits per heavy atom. The zero-order valence-corrected chi connectivity index (χ0v) is 23.4. The number of likely N-dealkylation sites (tertiary alicyclic amines) is 1. The average Bonchev–Trinajstić information content (AvgIpc) is 3.05. The monoisotopic (exact) mass is 523 g/mol. The van der Waals surface area contributed by atoms with E-state index in [0.29, 0.717) is 31.7 Å². The van der Waals surface area contributed by atoms with Gasteiger partial charge in [0, 0.05) is 25.4 Å². The number of nitrogens with two attached hydrogens (primary N) is 1. The summed E-state index contributed by atoms with van der Waals surface area (Å²) in [7, 11) is 0. The molecule has 7 heteroatoms. The zero-order valence-electron chi connectivity index (χ0n) is 23.4. The first kappa shape index (κ1) is 30.9. The minimum absolute atomic E-state index is 0.0111. The molecule has 1 aliphatic heterocycles. The van der Waals surface area contributed by atoms with Crippen LogP contribution in [0, 0.1) is 11.8 Å². The highest BCUT2D eigenvalue weighted by Crippen LogP contribution is 2.24. The van der Waals surface area contributed by atoms with Gasteiger partial charge in [-0.3, -0.25) is 14.4 Å². The Balaban J connectivity index is 0.00000118. The topological polar surface area (TPSA) is 102 Å². The van der Waals surface area contributed by atoms with Gasteiger partial charge in [-0.2, -0.15) is 0 Å². The van der Waals surface area contributed by atoms with Crippen molar-refractivity contribution in [2.75, 3.05) is 6.54 Å². The third-order valence-electron chi connectivity index (χ3n) is 6.42. The number of nitrogens with zero attached hydrogens (tertiary/aromatic N) is 1. The molecule has 2 atom stereocenters. The molecule has 0 spiro atoms. The molecule has 0 saturated carbocycles. The van der Waals surface area contributed by atoms with E-state index in [9.17, 15) is 14.4 Å². The van der Waals surface area contributed by atoms with Crippen molar-refractivity contribution in [3.63, 3.8) is 0 Å². The molecule has 1 heterocycles. The van der Waals surface area contributed by atoms with Crippen molar-refractivity contribution in [1.82, 2.24) is 10.2 Å². The van der Waals surface area contributed by atoms with Gasteiger partial charge in [0.2, 0.25) is 17.7 Å². The van der Waals surface area contributed by atoms with Crippen LogP contribution in [0.4, 0.5) is 0 Å². The summed E-state index contributed by atoms with van der Waals surface area (Å²) in [6.07, 6.45) is 5.48. The summed E-state index contributed by atoms with van der Waals surface area (Å²) in [5.74, 6) is 0.301. The van der Waals surface area contributed by atoms with E-state index in [-0.39, 0.29) is 24.2 Å². The fraction of sp³-hybridized carbons (Fsp3) is 0.516. The molecule has 2 aromatic carbocycles. The number of ether oxygens (including phenoxy) is 1. The Morgan fingerprint density at radius 2 is 1.71 bits per heavy atom. The summed E-state index contributed by atoms with van der Waals surface area (Å²) in [6, 6.07) is 16.7. The second-order valence-corrected chi connectivity index (χ2v) is 10.4. The lowest BCUT2D eigenvalue weighted by atomic mass is 9.92. The van der Waals surface area contributed by atoms with Gasteiger partial charge in [0.1, 0.15) is 17.5 Å². The molecule has 1 saturated heterocycles. The van der Waals surface area contributed by atoms with Gasteiger partial charge in [-0.1, -0.05) is 70.9 Å². The SMILES string of the molecule is CC(C)CC(CC(N)=O)C(=O)N[C@H]1CCCCN(Cc2cccc(Oc3ccccc3)c2)C1=O.CCCC. The second kappa shape index (κ2) is 16.5. The van der Waals surface area contributed by atoms with Crippen LogP contribution in [0.3, 0.4) is 0 Å². The molecule has 0 bridgehead atoms. The zero-order chi connectivity index (χ0) is 27.9. The van der Waals surface area contributed by atoms with Crippen molar-refractivity contribution >= 4 is 17.7 Å². The molecule has 1 unspecified atom stereocenters. The molecule has 1 aliphatic rings. The smallest absolute Gasteiger partial charge is 0.245 e. The van der Waals surface area contributed by atoms with Gasteiger partial charge in [0.05, 0.1) is 0 Å². The summed E-state index contributed by atoms with van der Waals surface area (Å²) in [5, 5.41) is 2.92. The summed E-state index contributed by atoms with van der Waals surface area (Å²) in [4.78, 5) is 39.5. The number of hydrogen-bond donors (Lipinski definition) is 2. The molecule has 3 rings (SSSR count). The van der Waals surface area contributed by atoms with Crippen molar-refractivity contribution < 1.29 is 19.1 Å². The molecule has 38 heavy (non-hydrogen) atoms. The van der Waals surface area contributed by atoms with E-state index in [1.165, 1.54) is 12.8 Å². The van der Waals surface area contributed by atoms with Crippen LogP contribution in [0.5, 0.6) is 11.5 Å². The van der Waals surface area contributed by atoms with Gasteiger partial charge >= 0.3 is 0 Å². The van der Waals surface area contributed by atoms with Crippen molar-refractivity contribution in [1.29, 1.82) is 0 Å². The second-order valence-electron chi connectivity index (χ2n) is 10.4. The van der Waals surface area contributed by atoms with Crippen LogP contribution >= 0.6 is 0 Å². The lowest BCUT2D eigenvalue weighted by Gasteiger charge is -2.26. The van der Waals surface area contributed by atoms with Crippen LogP contribution in [-0.4, -0.2) is 35.2 Å². The molecular formula is C31H45N3O4. The Kier molecular flexibility index (Phi) is 13.4. The first-order chi connectivity index (χ1) is 18.2. The lowest BCUT2D eigenvalue weighted by molar-refractivity contribution is -0.138. The van der Waals surface area contributed by atoms with Gasteiger partial charge in [-0.25, -0.2) is 0 Å². The minimum atomic E-state index is -0.596. The predicted molar refractivity (Wildman–Crippen MR) is 151 cm³/mol. The first-order valence-electron chi connectivity index (χ1n) is 13.9. The van der Waals surface area contributed by atoms with Crippen LogP contribution in [0.1, 0.15) is 78.2 Å². The Bertz CT molecular complexity index is 1010. The van der Waals surface area contributed by atoms with Crippen molar-refractivity contribution in [2.45, 2.75) is 85.2 Å². The van der Waals surface area contributed by atoms with Crippen molar-refractivity contribution in [2.24, 2.45) is 17.6 Å². The third kappa shape index (κ3) is 11.0. The van der Waals surface area contributed by atoms with E-state index in [1.807, 2.05) is 68.4 Å². The number of benzene rings is 2. The fourth-order valence-corrected chi connectivity index (χ4v) is 4.33. The summed E-state index contributed by atoms with van der Waals surface area (Å²) in [6.45, 7) is 9.42. The molecule has 3 amide bonds. The lowest BCUT2D eigenvalue weighted by Crippen LogP contribution is -2.49. The van der Waals surface area contributed by atoms with E-state index < -0.39 is 17.9 Å². The van der Waals surface area contributed by atoms with Crippen LogP contribution in [0.25, 0.3) is 0 Å². The van der Waals surface area contributed by atoms with Gasteiger partial charge in [0.25, 0.3) is 0 Å². The number of hydrogen-bond acceptors (Lipinski definition) is 4. The van der Waals surface area contributed by atoms with Gasteiger partial charge < -0.3 is 20.7 Å². The maximum Gasteiger partial charge on any atom is 0.245 e. The number of nitrogens with one attached hydrogen (secondary N) is 1. The summed E-state index contributed by atoms with van der Waals surface area (Å²) < 4.78 is 5.92. The Morgan fingerprint density at radius 3 is 2.34 bits per heavy atom. The van der Waals surface area contributed by atoms with Gasteiger partial charge in [-0.15, -0.1) is 0 Å². The van der Waals surface area contributed by atoms with Crippen LogP contribution in [0.15, 0.2) is 54.6 Å². The summed E-state index contributed by atoms with van der Waals surface area (Å²) in [5.41, 5.74) is 6.32. The van der Waals surface area contributed by atoms with E-state index in [0.717, 1.165) is 24.2 Å². The largest absolute Gasteiger partial charge is 0.457 e. The molecule has 1 fully saturated rings. The number of amides is 3. The van der Waals surface area contributed by atoms with Gasteiger partial charge in [-0.05, 0) is 61.4 Å². The molecule has 2 aromatic rings. The maximum absolute atomic E-state index is 13.3. The molecule has 0 radical (unpaired) electrons. The number of carbonyl (C=O) groups is 3. The Hall–Kier alpha value is -3.35. The normalized spacial score (nSPS) is 16.2. The van der Waals surface area contributed by atoms with E-state index in [4.69, 9.17) is 10.5 Å². The standard InChI is InChI=1S/C27H35N3O4.C4H10/c1-19(2)15-21(17-25(28)31)26(32)29-24-13-6-7-14-30(27(24)33)18-20-9-8-12-23(16-20)34-22-10-4-3-5-11-22;1-3-4-2/h3-5,8-12,16,19,21,24H,6-7,13-15,17-18H2,1-2H3,(H2,28,31)(H,29,32);3-4H2,1-2H3/t21?,24-;/m0./s1. The van der Waals surface area contributed by atoms with Crippen molar-refractivity contribution in [3.05, 3.63) is 60.2 Å². The molecular weight excluding hydrogens is 478 g/mol. The highest BCUT2D eigenvalue weighted by atomic mass is 16.5. The minimum Gasteiger partial charge on any atom is -0.457 e. The number of unbranched alkanes of at least 4 members (excludes halogenated alkanes) is 1. The average molecular weight is 524 g/mol. The highest BCUT2D eigenvalue weighted by Gasteiger charge is 2.31. The molecule has 0 aromatic heterocycles. The molecule has 208 valence electrons. The first-order valence-corrected chi connectivity index (χ1v) is 13.9. The number of carbonyl (C=O) groups excluding carboxylic acids is 3. The maximum atomic E-state index is 13.3. The summed E-state index contributed by atoms with van der Waals surface area (Å²) >= 11 is 0. The highest BCUT2D eigenvalue weighted by molar-refractivity contribution is 5.90. The molecule has 3 N–H and O–H groups in total. The van der Waals surface area contributed by atoms with E-state index >= 15 is 0 Å².